The van der Waals surface area contributed by atoms with Crippen molar-refractivity contribution >= 4 is 5.69 Å². The predicted octanol–water partition coefficient (Wildman–Crippen LogP) is 2.99. The molecule has 3 nitrogen and oxygen atoms in total. The summed E-state index contributed by atoms with van der Waals surface area (Å²) in [6.45, 7) is 8.06. The summed E-state index contributed by atoms with van der Waals surface area (Å²) in [5.74, 6) is 0. The Morgan fingerprint density at radius 2 is 2.06 bits per heavy atom. The summed E-state index contributed by atoms with van der Waals surface area (Å²) in [7, 11) is 0. The van der Waals surface area contributed by atoms with Crippen LogP contribution in [-0.4, -0.2) is 22.2 Å². The molecule has 16 heavy (non-hydrogen) atoms. The molecule has 1 unspecified atom stereocenters. The van der Waals surface area contributed by atoms with E-state index in [1.807, 2.05) is 0 Å². The zero-order valence-electron chi connectivity index (χ0n) is 10.2. The number of aromatic nitrogens is 2. The van der Waals surface area contributed by atoms with Gasteiger partial charge in [0.2, 0.25) is 0 Å². The van der Waals surface area contributed by atoms with Crippen LogP contribution >= 0.6 is 0 Å². The van der Waals surface area contributed by atoms with Gasteiger partial charge >= 0.3 is 0 Å². The van der Waals surface area contributed by atoms with Crippen LogP contribution in [0.3, 0.4) is 0 Å². The molecule has 92 valence electrons. The van der Waals surface area contributed by atoms with E-state index in [1.165, 1.54) is 4.68 Å². The Bertz CT molecular complexity index is 328. The summed E-state index contributed by atoms with van der Waals surface area (Å²) in [5.41, 5.74) is 0.897. The van der Waals surface area contributed by atoms with Crippen molar-refractivity contribution in [2.75, 3.05) is 5.32 Å². The van der Waals surface area contributed by atoms with Gasteiger partial charge in [0.25, 0.3) is 6.43 Å². The van der Waals surface area contributed by atoms with E-state index in [2.05, 4.69) is 38.1 Å². The van der Waals surface area contributed by atoms with Gasteiger partial charge in [-0.3, -0.25) is 4.68 Å². The summed E-state index contributed by atoms with van der Waals surface area (Å²) in [6.07, 6.45) is 0.812. The molecular weight excluding hydrogens is 212 g/mol. The lowest BCUT2D eigenvalue weighted by atomic mass is 9.88. The van der Waals surface area contributed by atoms with Crippen molar-refractivity contribution in [1.82, 2.24) is 9.78 Å². The van der Waals surface area contributed by atoms with E-state index in [0.29, 0.717) is 0 Å². The first-order valence-electron chi connectivity index (χ1n) is 5.36. The summed E-state index contributed by atoms with van der Waals surface area (Å²) in [5, 5.41) is 7.11. The highest BCUT2D eigenvalue weighted by Gasteiger charge is 2.20. The second-order valence-corrected chi connectivity index (χ2v) is 5.07. The maximum atomic E-state index is 12.1. The fourth-order valence-electron chi connectivity index (χ4n) is 1.15. The number of nitrogens with zero attached hydrogens (tertiary/aromatic N) is 2. The zero-order chi connectivity index (χ0) is 12.3. The summed E-state index contributed by atoms with van der Waals surface area (Å²) in [4.78, 5) is 0. The highest BCUT2D eigenvalue weighted by atomic mass is 19.3. The second kappa shape index (κ2) is 4.80. The fraction of sp³-hybridized carbons (Fsp3) is 0.727. The topological polar surface area (TPSA) is 29.9 Å². The van der Waals surface area contributed by atoms with Crippen LogP contribution in [0.5, 0.6) is 0 Å². The van der Waals surface area contributed by atoms with Crippen molar-refractivity contribution in [1.29, 1.82) is 0 Å². The van der Waals surface area contributed by atoms with Crippen LogP contribution < -0.4 is 5.32 Å². The first kappa shape index (κ1) is 12.9. The Morgan fingerprint density at radius 1 is 1.44 bits per heavy atom. The molecule has 0 saturated heterocycles. The molecule has 0 aliphatic carbocycles. The first-order chi connectivity index (χ1) is 7.29. The maximum absolute atomic E-state index is 12.1. The summed E-state index contributed by atoms with van der Waals surface area (Å²) >= 11 is 0. The smallest absolute Gasteiger partial charge is 0.257 e. The third kappa shape index (κ3) is 3.79. The standard InChI is InChI=1S/C11H19F2N3/c1-8(11(2,3)4)15-9-5-14-16(6-9)7-10(12)13/h5-6,8,10,15H,7H2,1-4H3. The Hall–Kier alpha value is -1.13. The van der Waals surface area contributed by atoms with Gasteiger partial charge in [0.15, 0.2) is 0 Å². The molecule has 1 atom stereocenters. The number of rotatable bonds is 4. The van der Waals surface area contributed by atoms with Crippen LogP contribution in [-0.2, 0) is 6.54 Å². The van der Waals surface area contributed by atoms with Crippen molar-refractivity contribution < 1.29 is 8.78 Å². The molecule has 0 aromatic carbocycles. The molecule has 0 aliphatic heterocycles. The zero-order valence-corrected chi connectivity index (χ0v) is 10.2. The van der Waals surface area contributed by atoms with Crippen LogP contribution in [0.2, 0.25) is 0 Å². The monoisotopic (exact) mass is 231 g/mol. The van der Waals surface area contributed by atoms with Crippen molar-refractivity contribution in [3.63, 3.8) is 0 Å². The normalized spacial score (nSPS) is 14.2. The highest BCUT2D eigenvalue weighted by molar-refractivity contribution is 5.39. The minimum Gasteiger partial charge on any atom is -0.380 e. The van der Waals surface area contributed by atoms with Crippen LogP contribution in [0.15, 0.2) is 12.4 Å². The van der Waals surface area contributed by atoms with E-state index < -0.39 is 6.43 Å². The van der Waals surface area contributed by atoms with Crippen LogP contribution in [0.1, 0.15) is 27.7 Å². The molecular formula is C11H19F2N3. The molecule has 1 aromatic heterocycles. The average Bonchev–Trinajstić information content (AvgIpc) is 2.49. The van der Waals surface area contributed by atoms with Crippen molar-refractivity contribution in [3.8, 4) is 0 Å². The highest BCUT2D eigenvalue weighted by Crippen LogP contribution is 2.22. The number of anilines is 1. The largest absolute Gasteiger partial charge is 0.380 e. The minimum atomic E-state index is -2.37. The number of hydrogen-bond acceptors (Lipinski definition) is 2. The second-order valence-electron chi connectivity index (χ2n) is 5.07. The minimum absolute atomic E-state index is 0.116. The van der Waals surface area contributed by atoms with E-state index in [0.717, 1.165) is 5.69 Å². The SMILES string of the molecule is CC(Nc1cnn(CC(F)F)c1)C(C)(C)C. The van der Waals surface area contributed by atoms with Gasteiger partial charge < -0.3 is 5.32 Å². The molecule has 0 amide bonds. The van der Waals surface area contributed by atoms with Crippen LogP contribution in [0, 0.1) is 5.41 Å². The van der Waals surface area contributed by atoms with Gasteiger partial charge in [-0.1, -0.05) is 20.8 Å². The van der Waals surface area contributed by atoms with Gasteiger partial charge in [-0.2, -0.15) is 5.10 Å². The Morgan fingerprint density at radius 3 is 2.56 bits per heavy atom. The lowest BCUT2D eigenvalue weighted by Crippen LogP contribution is -2.30. The van der Waals surface area contributed by atoms with Crippen molar-refractivity contribution in [2.24, 2.45) is 5.41 Å². The maximum Gasteiger partial charge on any atom is 0.257 e. The molecule has 0 bridgehead atoms. The molecule has 0 spiro atoms. The molecule has 1 N–H and O–H groups in total. The van der Waals surface area contributed by atoms with E-state index in [1.54, 1.807) is 12.4 Å². The van der Waals surface area contributed by atoms with E-state index in [9.17, 15) is 8.78 Å². The third-order valence-electron chi connectivity index (χ3n) is 2.64. The molecule has 1 heterocycles. The van der Waals surface area contributed by atoms with Crippen LogP contribution in [0.25, 0.3) is 0 Å². The fourth-order valence-corrected chi connectivity index (χ4v) is 1.15. The van der Waals surface area contributed by atoms with Gasteiger partial charge in [-0.05, 0) is 12.3 Å². The van der Waals surface area contributed by atoms with Gasteiger partial charge in [0.1, 0.15) is 6.54 Å². The van der Waals surface area contributed by atoms with E-state index in [4.69, 9.17) is 0 Å². The van der Waals surface area contributed by atoms with E-state index >= 15 is 0 Å². The number of alkyl halides is 2. The lowest BCUT2D eigenvalue weighted by molar-refractivity contribution is 0.122. The average molecular weight is 231 g/mol. The first-order valence-corrected chi connectivity index (χ1v) is 5.36. The summed E-state index contributed by atoms with van der Waals surface area (Å²) < 4.78 is 25.5. The molecule has 1 aromatic rings. The molecule has 0 radical (unpaired) electrons. The molecule has 0 saturated carbocycles. The molecule has 5 heteroatoms. The Kier molecular flexibility index (Phi) is 3.88. The van der Waals surface area contributed by atoms with E-state index in [-0.39, 0.29) is 18.0 Å². The summed E-state index contributed by atoms with van der Waals surface area (Å²) in [6, 6.07) is 0.247. The predicted molar refractivity (Wildman–Crippen MR) is 60.8 cm³/mol. The van der Waals surface area contributed by atoms with Crippen LogP contribution in [0.4, 0.5) is 14.5 Å². The Labute approximate surface area is 94.8 Å². The van der Waals surface area contributed by atoms with Crippen molar-refractivity contribution in [2.45, 2.75) is 46.7 Å². The van der Waals surface area contributed by atoms with Gasteiger partial charge in [0, 0.05) is 12.2 Å². The van der Waals surface area contributed by atoms with Crippen molar-refractivity contribution in [3.05, 3.63) is 12.4 Å². The number of hydrogen-bond donors (Lipinski definition) is 1. The number of nitrogens with one attached hydrogen (secondary N) is 1. The van der Waals surface area contributed by atoms with Gasteiger partial charge in [-0.15, -0.1) is 0 Å². The third-order valence-corrected chi connectivity index (χ3v) is 2.64. The molecule has 0 aliphatic rings. The Balaban J connectivity index is 2.58. The van der Waals surface area contributed by atoms with Gasteiger partial charge in [-0.25, -0.2) is 8.78 Å². The number of halogens is 2. The quantitative estimate of drug-likeness (QED) is 0.863. The molecule has 1 rings (SSSR count). The lowest BCUT2D eigenvalue weighted by Gasteiger charge is -2.28. The molecule has 0 fully saturated rings. The van der Waals surface area contributed by atoms with Gasteiger partial charge in [0.05, 0.1) is 11.9 Å².